The normalized spacial score (nSPS) is 15.1. The van der Waals surface area contributed by atoms with Crippen molar-refractivity contribution < 1.29 is 14.3 Å². The van der Waals surface area contributed by atoms with Gasteiger partial charge in [-0.2, -0.15) is 0 Å². The van der Waals surface area contributed by atoms with Crippen molar-refractivity contribution in [3.8, 4) is 5.75 Å². The minimum Gasteiger partial charge on any atom is -0.484 e. The first-order valence-corrected chi connectivity index (χ1v) is 9.24. The number of hydrogen-bond acceptors (Lipinski definition) is 3. The predicted molar refractivity (Wildman–Crippen MR) is 98.9 cm³/mol. The molecule has 0 radical (unpaired) electrons. The molecule has 6 heteroatoms. The van der Waals surface area contributed by atoms with E-state index in [1.165, 1.54) is 25.7 Å². The van der Waals surface area contributed by atoms with E-state index in [0.717, 1.165) is 19.3 Å². The Hall–Kier alpha value is -2.24. The van der Waals surface area contributed by atoms with E-state index in [4.69, 9.17) is 4.74 Å². The molecule has 0 spiro atoms. The van der Waals surface area contributed by atoms with Crippen molar-refractivity contribution in [2.45, 2.75) is 57.9 Å². The SMILES string of the molecule is CCCNC(=O)Nc1cccc(OCC(=O)NC2CCCCCC2)c1. The van der Waals surface area contributed by atoms with Crippen LogP contribution in [0.1, 0.15) is 51.9 Å². The third-order valence-corrected chi connectivity index (χ3v) is 4.22. The lowest BCUT2D eigenvalue weighted by Gasteiger charge is -2.16. The summed E-state index contributed by atoms with van der Waals surface area (Å²) in [6, 6.07) is 7.08. The highest BCUT2D eigenvalue weighted by molar-refractivity contribution is 5.89. The van der Waals surface area contributed by atoms with Crippen LogP contribution >= 0.6 is 0 Å². The summed E-state index contributed by atoms with van der Waals surface area (Å²) in [6.45, 7) is 2.61. The predicted octanol–water partition coefficient (Wildman–Crippen LogP) is 3.44. The van der Waals surface area contributed by atoms with Crippen LogP contribution in [0.3, 0.4) is 0 Å². The number of carbonyl (C=O) groups excluding carboxylic acids is 2. The second kappa shape index (κ2) is 10.6. The topological polar surface area (TPSA) is 79.5 Å². The third-order valence-electron chi connectivity index (χ3n) is 4.22. The van der Waals surface area contributed by atoms with Crippen LogP contribution in [0.2, 0.25) is 0 Å². The Morgan fingerprint density at radius 3 is 2.64 bits per heavy atom. The van der Waals surface area contributed by atoms with E-state index < -0.39 is 0 Å². The van der Waals surface area contributed by atoms with Crippen LogP contribution in [0.25, 0.3) is 0 Å². The molecule has 1 aliphatic rings. The molecule has 6 nitrogen and oxygen atoms in total. The summed E-state index contributed by atoms with van der Waals surface area (Å²) >= 11 is 0. The van der Waals surface area contributed by atoms with E-state index in [0.29, 0.717) is 18.0 Å². The van der Waals surface area contributed by atoms with Gasteiger partial charge in [0.25, 0.3) is 5.91 Å². The van der Waals surface area contributed by atoms with Crippen molar-refractivity contribution in [2.24, 2.45) is 0 Å². The first-order valence-electron chi connectivity index (χ1n) is 9.24. The minimum atomic E-state index is -0.245. The second-order valence-corrected chi connectivity index (χ2v) is 6.45. The van der Waals surface area contributed by atoms with Gasteiger partial charge in [0, 0.05) is 24.3 Å². The lowest BCUT2D eigenvalue weighted by molar-refractivity contribution is -0.123. The maximum absolute atomic E-state index is 12.1. The van der Waals surface area contributed by atoms with Gasteiger partial charge in [0.05, 0.1) is 0 Å². The molecule has 0 aliphatic heterocycles. The fraction of sp³-hybridized carbons (Fsp3) is 0.579. The largest absolute Gasteiger partial charge is 0.484 e. The number of urea groups is 1. The molecule has 0 heterocycles. The molecule has 3 N–H and O–H groups in total. The number of hydrogen-bond donors (Lipinski definition) is 3. The van der Waals surface area contributed by atoms with Crippen molar-refractivity contribution in [1.29, 1.82) is 0 Å². The summed E-state index contributed by atoms with van der Waals surface area (Å²) in [5, 5.41) is 8.55. The van der Waals surface area contributed by atoms with Gasteiger partial charge in [0.1, 0.15) is 5.75 Å². The van der Waals surface area contributed by atoms with Crippen LogP contribution in [-0.2, 0) is 4.79 Å². The number of benzene rings is 1. The molecule has 0 unspecified atom stereocenters. The molecule has 138 valence electrons. The molecule has 1 aliphatic carbocycles. The van der Waals surface area contributed by atoms with Crippen molar-refractivity contribution >= 4 is 17.6 Å². The number of anilines is 1. The molecule has 2 rings (SSSR count). The van der Waals surface area contributed by atoms with Crippen molar-refractivity contribution in [3.05, 3.63) is 24.3 Å². The van der Waals surface area contributed by atoms with Crippen LogP contribution in [0.15, 0.2) is 24.3 Å². The smallest absolute Gasteiger partial charge is 0.319 e. The lowest BCUT2D eigenvalue weighted by Crippen LogP contribution is -2.37. The molecule has 1 fully saturated rings. The minimum absolute atomic E-state index is 0.0119. The summed E-state index contributed by atoms with van der Waals surface area (Å²) in [5.41, 5.74) is 0.635. The van der Waals surface area contributed by atoms with Crippen molar-refractivity contribution in [2.75, 3.05) is 18.5 Å². The van der Waals surface area contributed by atoms with Crippen molar-refractivity contribution in [1.82, 2.24) is 10.6 Å². The standard InChI is InChI=1S/C19H29N3O3/c1-2-12-20-19(24)22-16-10-7-11-17(13-16)25-14-18(23)21-15-8-5-3-4-6-9-15/h7,10-11,13,15H,2-6,8-9,12,14H2,1H3,(H,21,23)(H2,20,22,24). The summed E-state index contributed by atoms with van der Waals surface area (Å²) in [5.74, 6) is 0.468. The van der Waals surface area contributed by atoms with Gasteiger partial charge in [-0.3, -0.25) is 4.79 Å². The Morgan fingerprint density at radius 1 is 1.16 bits per heavy atom. The first kappa shape index (κ1) is 19.1. The highest BCUT2D eigenvalue weighted by Crippen LogP contribution is 2.18. The first-order chi connectivity index (χ1) is 12.2. The quantitative estimate of drug-likeness (QED) is 0.661. The van der Waals surface area contributed by atoms with E-state index in [9.17, 15) is 9.59 Å². The molecule has 0 saturated heterocycles. The van der Waals surface area contributed by atoms with Gasteiger partial charge < -0.3 is 20.7 Å². The van der Waals surface area contributed by atoms with Gasteiger partial charge >= 0.3 is 6.03 Å². The fourth-order valence-electron chi connectivity index (χ4n) is 2.92. The summed E-state index contributed by atoms with van der Waals surface area (Å²) in [7, 11) is 0. The van der Waals surface area contributed by atoms with Crippen LogP contribution in [0, 0.1) is 0 Å². The van der Waals surface area contributed by atoms with E-state index in [2.05, 4.69) is 16.0 Å². The summed E-state index contributed by atoms with van der Waals surface area (Å²) in [4.78, 5) is 23.7. The lowest BCUT2D eigenvalue weighted by atomic mass is 10.1. The van der Waals surface area contributed by atoms with Gasteiger partial charge in [-0.15, -0.1) is 0 Å². The van der Waals surface area contributed by atoms with Crippen LogP contribution in [-0.4, -0.2) is 31.1 Å². The van der Waals surface area contributed by atoms with Gasteiger partial charge in [-0.05, 0) is 31.4 Å². The van der Waals surface area contributed by atoms with E-state index >= 15 is 0 Å². The zero-order valence-corrected chi connectivity index (χ0v) is 15.0. The Labute approximate surface area is 149 Å². The number of amides is 3. The summed E-state index contributed by atoms with van der Waals surface area (Å²) < 4.78 is 5.56. The van der Waals surface area contributed by atoms with E-state index in [1.54, 1.807) is 24.3 Å². The maximum Gasteiger partial charge on any atom is 0.319 e. The van der Waals surface area contributed by atoms with Crippen LogP contribution in [0.4, 0.5) is 10.5 Å². The number of ether oxygens (including phenoxy) is 1. The molecule has 25 heavy (non-hydrogen) atoms. The number of rotatable bonds is 7. The van der Waals surface area contributed by atoms with E-state index in [-0.39, 0.29) is 24.6 Å². The highest BCUT2D eigenvalue weighted by Gasteiger charge is 2.15. The monoisotopic (exact) mass is 347 g/mol. The zero-order valence-electron chi connectivity index (χ0n) is 15.0. The van der Waals surface area contributed by atoms with Crippen LogP contribution < -0.4 is 20.7 Å². The third kappa shape index (κ3) is 7.45. The molecule has 1 aromatic rings. The molecule has 1 aromatic carbocycles. The Morgan fingerprint density at radius 2 is 1.92 bits per heavy atom. The molecule has 0 atom stereocenters. The number of carbonyl (C=O) groups is 2. The van der Waals surface area contributed by atoms with Gasteiger partial charge in [-0.25, -0.2) is 4.79 Å². The molecule has 0 aromatic heterocycles. The molecule has 1 saturated carbocycles. The fourth-order valence-corrected chi connectivity index (χ4v) is 2.92. The second-order valence-electron chi connectivity index (χ2n) is 6.45. The molecule has 0 bridgehead atoms. The molecular weight excluding hydrogens is 318 g/mol. The average Bonchev–Trinajstić information content (AvgIpc) is 2.87. The Kier molecular flexibility index (Phi) is 8.09. The Bertz CT molecular complexity index is 555. The zero-order chi connectivity index (χ0) is 17.9. The molecular formula is C19H29N3O3. The van der Waals surface area contributed by atoms with Gasteiger partial charge in [0.15, 0.2) is 6.61 Å². The summed E-state index contributed by atoms with van der Waals surface area (Å²) in [6.07, 6.45) is 7.87. The number of nitrogens with one attached hydrogen (secondary N) is 3. The molecule has 3 amide bonds. The van der Waals surface area contributed by atoms with Gasteiger partial charge in [0.2, 0.25) is 0 Å². The highest BCUT2D eigenvalue weighted by atomic mass is 16.5. The van der Waals surface area contributed by atoms with Crippen LogP contribution in [0.5, 0.6) is 5.75 Å². The average molecular weight is 347 g/mol. The Balaban J connectivity index is 1.77. The van der Waals surface area contributed by atoms with E-state index in [1.807, 2.05) is 6.92 Å². The maximum atomic E-state index is 12.1. The van der Waals surface area contributed by atoms with Crippen molar-refractivity contribution in [3.63, 3.8) is 0 Å². The van der Waals surface area contributed by atoms with Gasteiger partial charge in [-0.1, -0.05) is 38.7 Å².